The molecule has 3 heteroatoms. The third kappa shape index (κ3) is 6.64. The van der Waals surface area contributed by atoms with Gasteiger partial charge in [0, 0.05) is 0 Å². The van der Waals surface area contributed by atoms with Crippen LogP contribution in [0, 0.1) is 0 Å². The molecule has 0 radical (unpaired) electrons. The Morgan fingerprint density at radius 2 is 1.43 bits per heavy atom. The SMILES string of the molecule is CCCCCOC(=O)Oc1cc(C(C)(C)C)cc(C(C)(C)C)c1. The quantitative estimate of drug-likeness (QED) is 0.380. The number of carbonyl (C=O) groups is 1. The van der Waals surface area contributed by atoms with Crippen LogP contribution in [0.3, 0.4) is 0 Å². The summed E-state index contributed by atoms with van der Waals surface area (Å²) in [6, 6.07) is 6.06. The molecule has 0 saturated heterocycles. The maximum atomic E-state index is 11.9. The molecule has 0 bridgehead atoms. The number of hydrogen-bond donors (Lipinski definition) is 0. The van der Waals surface area contributed by atoms with Gasteiger partial charge in [0.05, 0.1) is 6.61 Å². The zero-order valence-corrected chi connectivity index (χ0v) is 15.8. The molecule has 1 aromatic rings. The Morgan fingerprint density at radius 1 is 0.913 bits per heavy atom. The van der Waals surface area contributed by atoms with Gasteiger partial charge in [0.25, 0.3) is 0 Å². The van der Waals surface area contributed by atoms with Crippen LogP contribution in [0.2, 0.25) is 0 Å². The van der Waals surface area contributed by atoms with E-state index in [9.17, 15) is 4.79 Å². The van der Waals surface area contributed by atoms with Crippen molar-refractivity contribution in [3.63, 3.8) is 0 Å². The van der Waals surface area contributed by atoms with Crippen LogP contribution < -0.4 is 4.74 Å². The molecule has 1 rings (SSSR count). The van der Waals surface area contributed by atoms with Gasteiger partial charge in [-0.05, 0) is 40.5 Å². The number of benzene rings is 1. The Kier molecular flexibility index (Phi) is 6.67. The Morgan fingerprint density at radius 3 is 1.87 bits per heavy atom. The summed E-state index contributed by atoms with van der Waals surface area (Å²) in [5.41, 5.74) is 2.28. The minimum atomic E-state index is -0.618. The van der Waals surface area contributed by atoms with E-state index in [-0.39, 0.29) is 10.8 Å². The van der Waals surface area contributed by atoms with Crippen molar-refractivity contribution in [3.05, 3.63) is 29.3 Å². The number of unbranched alkanes of at least 4 members (excludes halogenated alkanes) is 2. The lowest BCUT2D eigenvalue weighted by atomic mass is 9.80. The number of hydrogen-bond acceptors (Lipinski definition) is 3. The average Bonchev–Trinajstić information content (AvgIpc) is 2.41. The van der Waals surface area contributed by atoms with Gasteiger partial charge in [-0.1, -0.05) is 67.4 Å². The molecular formula is C20H32O3. The van der Waals surface area contributed by atoms with E-state index in [1.807, 2.05) is 12.1 Å². The van der Waals surface area contributed by atoms with Crippen LogP contribution >= 0.6 is 0 Å². The first-order valence-corrected chi connectivity index (χ1v) is 8.54. The first-order valence-electron chi connectivity index (χ1n) is 8.54. The number of carbonyl (C=O) groups excluding carboxylic acids is 1. The van der Waals surface area contributed by atoms with Gasteiger partial charge >= 0.3 is 6.16 Å². The van der Waals surface area contributed by atoms with E-state index in [0.717, 1.165) is 30.4 Å². The highest BCUT2D eigenvalue weighted by atomic mass is 16.7. The van der Waals surface area contributed by atoms with Crippen LogP contribution in [0.4, 0.5) is 4.79 Å². The molecule has 0 fully saturated rings. The van der Waals surface area contributed by atoms with Crippen LogP contribution in [0.5, 0.6) is 5.75 Å². The normalized spacial score (nSPS) is 12.1. The van der Waals surface area contributed by atoms with Crippen molar-refractivity contribution in [2.24, 2.45) is 0 Å². The second-order valence-electron chi connectivity index (χ2n) is 8.15. The van der Waals surface area contributed by atoms with E-state index in [2.05, 4.69) is 54.5 Å². The second kappa shape index (κ2) is 7.85. The fourth-order valence-corrected chi connectivity index (χ4v) is 2.16. The summed E-state index contributed by atoms with van der Waals surface area (Å²) in [5.74, 6) is 0.558. The third-order valence-electron chi connectivity index (χ3n) is 3.81. The highest BCUT2D eigenvalue weighted by Gasteiger charge is 2.21. The zero-order chi connectivity index (χ0) is 17.7. The number of rotatable bonds is 5. The van der Waals surface area contributed by atoms with Gasteiger partial charge in [0.1, 0.15) is 5.75 Å². The lowest BCUT2D eigenvalue weighted by molar-refractivity contribution is 0.0973. The van der Waals surface area contributed by atoms with E-state index in [1.54, 1.807) is 0 Å². The summed E-state index contributed by atoms with van der Waals surface area (Å²) in [5, 5.41) is 0. The van der Waals surface area contributed by atoms with Gasteiger partial charge in [-0.2, -0.15) is 0 Å². The molecular weight excluding hydrogens is 288 g/mol. The van der Waals surface area contributed by atoms with E-state index < -0.39 is 6.16 Å². The maximum Gasteiger partial charge on any atom is 0.513 e. The third-order valence-corrected chi connectivity index (χ3v) is 3.81. The van der Waals surface area contributed by atoms with Gasteiger partial charge in [-0.25, -0.2) is 4.79 Å². The maximum absolute atomic E-state index is 11.9. The van der Waals surface area contributed by atoms with Crippen molar-refractivity contribution in [1.29, 1.82) is 0 Å². The summed E-state index contributed by atoms with van der Waals surface area (Å²) in [7, 11) is 0. The summed E-state index contributed by atoms with van der Waals surface area (Å²) >= 11 is 0. The molecule has 0 aliphatic rings. The highest BCUT2D eigenvalue weighted by Crippen LogP contribution is 2.33. The first-order chi connectivity index (χ1) is 10.5. The molecule has 0 atom stereocenters. The topological polar surface area (TPSA) is 35.5 Å². The second-order valence-corrected chi connectivity index (χ2v) is 8.15. The molecule has 0 aliphatic heterocycles. The highest BCUT2D eigenvalue weighted by molar-refractivity contribution is 5.64. The lowest BCUT2D eigenvalue weighted by Gasteiger charge is -2.25. The molecule has 1 aromatic carbocycles. The van der Waals surface area contributed by atoms with Gasteiger partial charge in [-0.3, -0.25) is 0 Å². The van der Waals surface area contributed by atoms with E-state index in [1.165, 1.54) is 0 Å². The zero-order valence-electron chi connectivity index (χ0n) is 15.8. The van der Waals surface area contributed by atoms with Gasteiger partial charge in [-0.15, -0.1) is 0 Å². The Labute approximate surface area is 141 Å². The van der Waals surface area contributed by atoms with Crippen LogP contribution in [-0.2, 0) is 15.6 Å². The Bertz CT molecular complexity index is 486. The molecule has 0 saturated carbocycles. The average molecular weight is 320 g/mol. The molecule has 0 N–H and O–H groups in total. The fraction of sp³-hybridized carbons (Fsp3) is 0.650. The van der Waals surface area contributed by atoms with E-state index in [0.29, 0.717) is 12.4 Å². The van der Waals surface area contributed by atoms with Crippen LogP contribution in [-0.4, -0.2) is 12.8 Å². The molecule has 0 heterocycles. The molecule has 0 spiro atoms. The molecule has 0 amide bonds. The van der Waals surface area contributed by atoms with Gasteiger partial charge < -0.3 is 9.47 Å². The van der Waals surface area contributed by atoms with E-state index >= 15 is 0 Å². The minimum Gasteiger partial charge on any atom is -0.434 e. The van der Waals surface area contributed by atoms with Crippen molar-refractivity contribution >= 4 is 6.16 Å². The fourth-order valence-electron chi connectivity index (χ4n) is 2.16. The monoisotopic (exact) mass is 320 g/mol. The van der Waals surface area contributed by atoms with E-state index in [4.69, 9.17) is 9.47 Å². The Hall–Kier alpha value is -1.51. The van der Waals surface area contributed by atoms with Crippen molar-refractivity contribution in [2.45, 2.75) is 78.6 Å². The largest absolute Gasteiger partial charge is 0.513 e. The summed E-state index contributed by atoms with van der Waals surface area (Å²) < 4.78 is 10.5. The minimum absolute atomic E-state index is 0.00952. The van der Waals surface area contributed by atoms with Crippen molar-refractivity contribution < 1.29 is 14.3 Å². The van der Waals surface area contributed by atoms with Crippen LogP contribution in [0.1, 0.15) is 78.9 Å². The Balaban J connectivity index is 2.91. The van der Waals surface area contributed by atoms with Crippen molar-refractivity contribution in [2.75, 3.05) is 6.61 Å². The summed E-state index contributed by atoms with van der Waals surface area (Å²) in [6.45, 7) is 15.5. The molecule has 0 unspecified atom stereocenters. The van der Waals surface area contributed by atoms with Crippen molar-refractivity contribution in [3.8, 4) is 5.75 Å². The standard InChI is InChI=1S/C20H32O3/c1-8-9-10-11-22-18(21)23-17-13-15(19(2,3)4)12-16(14-17)20(5,6)7/h12-14H,8-11H2,1-7H3. The molecule has 23 heavy (non-hydrogen) atoms. The molecule has 0 aliphatic carbocycles. The lowest BCUT2D eigenvalue weighted by Crippen LogP contribution is -2.18. The number of ether oxygens (including phenoxy) is 2. The summed E-state index contributed by atoms with van der Waals surface area (Å²) in [6.07, 6.45) is 2.41. The van der Waals surface area contributed by atoms with Crippen LogP contribution in [0.15, 0.2) is 18.2 Å². The molecule has 130 valence electrons. The van der Waals surface area contributed by atoms with Crippen molar-refractivity contribution in [1.82, 2.24) is 0 Å². The van der Waals surface area contributed by atoms with Crippen LogP contribution in [0.25, 0.3) is 0 Å². The van der Waals surface area contributed by atoms with Gasteiger partial charge in [0.15, 0.2) is 0 Å². The summed E-state index contributed by atoms with van der Waals surface area (Å²) in [4.78, 5) is 11.9. The predicted octanol–water partition coefficient (Wildman–Crippen LogP) is 5.99. The molecule has 3 nitrogen and oxygen atoms in total. The smallest absolute Gasteiger partial charge is 0.434 e. The predicted molar refractivity (Wildman–Crippen MR) is 95.3 cm³/mol. The first kappa shape index (κ1) is 19.5. The van der Waals surface area contributed by atoms with Gasteiger partial charge in [0.2, 0.25) is 0 Å². The molecule has 0 aromatic heterocycles.